The Morgan fingerprint density at radius 3 is 2.05 bits per heavy atom. The van der Waals surface area contributed by atoms with Gasteiger partial charge in [0, 0.05) is 0 Å². The van der Waals surface area contributed by atoms with E-state index >= 15 is 0 Å². The molecule has 0 N–H and O–H groups in total. The van der Waals surface area contributed by atoms with Gasteiger partial charge in [-0.05, 0) is 25.0 Å². The molecule has 0 bridgehead atoms. The van der Waals surface area contributed by atoms with E-state index in [1.54, 1.807) is 5.19 Å². The van der Waals surface area contributed by atoms with Crippen molar-refractivity contribution in [2.75, 3.05) is 0 Å². The van der Waals surface area contributed by atoms with E-state index in [1.807, 2.05) is 0 Å². The quantitative estimate of drug-likeness (QED) is 0.368. The maximum absolute atomic E-state index is 2.31. The lowest BCUT2D eigenvalue weighted by Crippen LogP contribution is -2.17. The molecular weight excluding hydrogens is 256 g/mol. The van der Waals surface area contributed by atoms with E-state index in [0.717, 1.165) is 9.52 Å². The summed E-state index contributed by atoms with van der Waals surface area (Å²) in [4.78, 5) is 0. The Hall–Kier alpha value is -0.563. The number of aryl methyl sites for hydroxylation is 1. The summed E-state index contributed by atoms with van der Waals surface area (Å²) in [7, 11) is 1.01. The maximum atomic E-state index is 2.31. The van der Waals surface area contributed by atoms with Gasteiger partial charge in [-0.15, -0.1) is 0 Å². The normalized spacial score (nSPS) is 10.9. The Kier molecular flexibility index (Phi) is 9.74. The van der Waals surface area contributed by atoms with Crippen molar-refractivity contribution in [2.24, 2.45) is 0 Å². The number of unbranched alkanes of at least 4 members (excludes halogenated alkanes) is 8. The van der Waals surface area contributed by atoms with Crippen LogP contribution >= 0.6 is 0 Å². The van der Waals surface area contributed by atoms with Crippen LogP contribution in [0, 0.1) is 13.8 Å². The number of hydrogen-bond acceptors (Lipinski definition) is 0. The van der Waals surface area contributed by atoms with Crippen molar-refractivity contribution in [3.8, 4) is 0 Å². The standard InChI is InChI=1S/C19H32Si/c1-4-5-6-7-8-9-10-11-12-16-20-19-15-13-14-17(2)18(19)3/h13-15H,4-12,16H2,1-3H3. The zero-order chi connectivity index (χ0) is 14.6. The molecule has 1 heteroatoms. The minimum atomic E-state index is 1.01. The fourth-order valence-electron chi connectivity index (χ4n) is 2.60. The predicted octanol–water partition coefficient (Wildman–Crippen LogP) is 5.58. The third-order valence-electron chi connectivity index (χ3n) is 4.20. The third-order valence-corrected chi connectivity index (χ3v) is 5.73. The van der Waals surface area contributed by atoms with Gasteiger partial charge in [-0.3, -0.25) is 0 Å². The summed E-state index contributed by atoms with van der Waals surface area (Å²) in [6.07, 6.45) is 12.9. The molecule has 0 heterocycles. The second-order valence-corrected chi connectivity index (χ2v) is 7.39. The van der Waals surface area contributed by atoms with Gasteiger partial charge in [-0.25, -0.2) is 0 Å². The Bertz CT molecular complexity index is 357. The van der Waals surface area contributed by atoms with E-state index < -0.39 is 0 Å². The van der Waals surface area contributed by atoms with Crippen molar-refractivity contribution in [3.05, 3.63) is 29.3 Å². The highest BCUT2D eigenvalue weighted by atomic mass is 28.2. The first kappa shape index (κ1) is 17.5. The molecule has 0 saturated heterocycles. The first-order valence-corrected chi connectivity index (χ1v) is 9.76. The van der Waals surface area contributed by atoms with Gasteiger partial charge in [0.1, 0.15) is 0 Å². The van der Waals surface area contributed by atoms with Crippen molar-refractivity contribution < 1.29 is 0 Å². The van der Waals surface area contributed by atoms with Gasteiger partial charge in [-0.2, -0.15) is 0 Å². The first-order chi connectivity index (χ1) is 9.75. The molecule has 1 aromatic carbocycles. The molecule has 0 aromatic heterocycles. The topological polar surface area (TPSA) is 0 Å². The average molecular weight is 289 g/mol. The van der Waals surface area contributed by atoms with Crippen molar-refractivity contribution in [3.63, 3.8) is 0 Å². The Morgan fingerprint density at radius 1 is 0.800 bits per heavy atom. The van der Waals surface area contributed by atoms with Gasteiger partial charge in [0.2, 0.25) is 0 Å². The molecule has 0 amide bonds. The van der Waals surface area contributed by atoms with E-state index in [4.69, 9.17) is 0 Å². The zero-order valence-electron chi connectivity index (χ0n) is 13.8. The molecule has 112 valence electrons. The monoisotopic (exact) mass is 288 g/mol. The van der Waals surface area contributed by atoms with Crippen LogP contribution in [0.1, 0.15) is 75.8 Å². The van der Waals surface area contributed by atoms with Crippen molar-refractivity contribution >= 4 is 14.7 Å². The van der Waals surface area contributed by atoms with Gasteiger partial charge in [-0.1, -0.05) is 94.1 Å². The van der Waals surface area contributed by atoms with E-state index in [-0.39, 0.29) is 0 Å². The molecule has 0 aliphatic heterocycles. The molecular formula is C19H32Si. The summed E-state index contributed by atoms with van der Waals surface area (Å²) in [6.45, 7) is 6.78. The average Bonchev–Trinajstić information content (AvgIpc) is 2.45. The Labute approximate surface area is 129 Å². The largest absolute Gasteiger partial charge is 0.0811 e. The molecule has 0 saturated carbocycles. The van der Waals surface area contributed by atoms with Crippen LogP contribution in [0.25, 0.3) is 0 Å². The highest BCUT2D eigenvalue weighted by Crippen LogP contribution is 2.11. The van der Waals surface area contributed by atoms with Crippen molar-refractivity contribution in [1.29, 1.82) is 0 Å². The molecule has 0 aliphatic rings. The zero-order valence-corrected chi connectivity index (χ0v) is 14.8. The fourth-order valence-corrected chi connectivity index (χ4v) is 3.97. The lowest BCUT2D eigenvalue weighted by molar-refractivity contribution is 0.572. The van der Waals surface area contributed by atoms with Crippen LogP contribution in [0.5, 0.6) is 0 Å². The summed E-state index contributed by atoms with van der Waals surface area (Å²) in [5.74, 6) is 0. The molecule has 2 radical (unpaired) electrons. The second kappa shape index (κ2) is 11.1. The van der Waals surface area contributed by atoms with Crippen LogP contribution in [0.15, 0.2) is 18.2 Å². The smallest absolute Gasteiger partial charge is 0.0654 e. The SMILES string of the molecule is CCCCCCCCCCC[Si]c1cccc(C)c1C. The van der Waals surface area contributed by atoms with E-state index in [1.165, 1.54) is 75.0 Å². The van der Waals surface area contributed by atoms with E-state index in [2.05, 4.69) is 39.0 Å². The summed E-state index contributed by atoms with van der Waals surface area (Å²) in [5, 5.41) is 1.59. The van der Waals surface area contributed by atoms with Crippen LogP contribution < -0.4 is 5.19 Å². The molecule has 1 aromatic rings. The van der Waals surface area contributed by atoms with Gasteiger partial charge >= 0.3 is 0 Å². The van der Waals surface area contributed by atoms with Gasteiger partial charge in [0.25, 0.3) is 0 Å². The summed E-state index contributed by atoms with van der Waals surface area (Å²) < 4.78 is 0. The van der Waals surface area contributed by atoms with Crippen LogP contribution in [0.2, 0.25) is 6.04 Å². The summed E-state index contributed by atoms with van der Waals surface area (Å²) in [6, 6.07) is 8.14. The minimum absolute atomic E-state index is 1.01. The molecule has 1 rings (SSSR count). The Morgan fingerprint density at radius 2 is 1.40 bits per heavy atom. The summed E-state index contributed by atoms with van der Waals surface area (Å²) in [5.41, 5.74) is 2.96. The lowest BCUT2D eigenvalue weighted by Gasteiger charge is -2.07. The predicted molar refractivity (Wildman–Crippen MR) is 93.3 cm³/mol. The number of rotatable bonds is 11. The number of hydrogen-bond donors (Lipinski definition) is 0. The lowest BCUT2D eigenvalue weighted by atomic mass is 10.1. The van der Waals surface area contributed by atoms with Crippen molar-refractivity contribution in [2.45, 2.75) is 84.6 Å². The fraction of sp³-hybridized carbons (Fsp3) is 0.684. The van der Waals surface area contributed by atoms with Crippen LogP contribution in [-0.4, -0.2) is 9.52 Å². The first-order valence-electron chi connectivity index (χ1n) is 8.55. The van der Waals surface area contributed by atoms with Gasteiger partial charge < -0.3 is 0 Å². The molecule has 20 heavy (non-hydrogen) atoms. The highest BCUT2D eigenvalue weighted by molar-refractivity contribution is 6.54. The maximum Gasteiger partial charge on any atom is 0.0811 e. The van der Waals surface area contributed by atoms with Crippen LogP contribution in [0.3, 0.4) is 0 Å². The molecule has 0 spiro atoms. The molecule has 0 aliphatic carbocycles. The van der Waals surface area contributed by atoms with Gasteiger partial charge in [0.05, 0.1) is 9.52 Å². The summed E-state index contributed by atoms with van der Waals surface area (Å²) >= 11 is 0. The van der Waals surface area contributed by atoms with Gasteiger partial charge in [0.15, 0.2) is 0 Å². The van der Waals surface area contributed by atoms with Crippen molar-refractivity contribution in [1.82, 2.24) is 0 Å². The third kappa shape index (κ3) is 7.28. The Balaban J connectivity index is 1.98. The van der Waals surface area contributed by atoms with E-state index in [0.29, 0.717) is 0 Å². The number of benzene rings is 1. The van der Waals surface area contributed by atoms with E-state index in [9.17, 15) is 0 Å². The molecule has 0 unspecified atom stereocenters. The molecule has 0 nitrogen and oxygen atoms in total. The molecule has 0 atom stereocenters. The second-order valence-electron chi connectivity index (χ2n) is 6.00. The van der Waals surface area contributed by atoms with Crippen LogP contribution in [-0.2, 0) is 0 Å². The minimum Gasteiger partial charge on any atom is -0.0654 e. The molecule has 0 fully saturated rings. The van der Waals surface area contributed by atoms with Crippen LogP contribution in [0.4, 0.5) is 0 Å². The highest BCUT2D eigenvalue weighted by Gasteiger charge is 2.01.